The number of nitrogens with one attached hydrogen (secondary N) is 1. The van der Waals surface area contributed by atoms with Crippen LogP contribution < -0.4 is 11.1 Å². The minimum absolute atomic E-state index is 0.0516. The molecule has 3 atom stereocenters. The van der Waals surface area contributed by atoms with Crippen molar-refractivity contribution >= 4 is 17.4 Å². The second kappa shape index (κ2) is 9.89. The molecule has 0 bridgehead atoms. The summed E-state index contributed by atoms with van der Waals surface area (Å²) in [5.74, 6) is -0.695. The van der Waals surface area contributed by atoms with Crippen LogP contribution in [-0.2, 0) is 9.53 Å². The zero-order chi connectivity index (χ0) is 22.5. The summed E-state index contributed by atoms with van der Waals surface area (Å²) in [7, 11) is 0. The first-order valence-corrected chi connectivity index (χ1v) is 10.5. The number of benzene rings is 1. The zero-order valence-electron chi connectivity index (χ0n) is 18.0. The van der Waals surface area contributed by atoms with Gasteiger partial charge in [0.15, 0.2) is 5.76 Å². The van der Waals surface area contributed by atoms with Gasteiger partial charge in [0.05, 0.1) is 23.8 Å². The SMILES string of the molecule is CCC(CC)O[C@@H]1C=C(c2cc(-c3cccc(C(=O)O)c3)on2)C[C@H](N)[C@H]1NC(C)=O. The monoisotopic (exact) mass is 427 g/mol. The summed E-state index contributed by atoms with van der Waals surface area (Å²) in [5, 5.41) is 16.3. The molecule has 8 nitrogen and oxygen atoms in total. The van der Waals surface area contributed by atoms with Crippen LogP contribution in [0.5, 0.6) is 0 Å². The Bertz CT molecular complexity index is 964. The van der Waals surface area contributed by atoms with Gasteiger partial charge in [-0.2, -0.15) is 0 Å². The number of carboxylic acid groups (broad SMARTS) is 1. The van der Waals surface area contributed by atoms with Crippen LogP contribution in [-0.4, -0.2) is 46.4 Å². The van der Waals surface area contributed by atoms with E-state index in [9.17, 15) is 14.7 Å². The van der Waals surface area contributed by atoms with Gasteiger partial charge >= 0.3 is 5.97 Å². The lowest BCUT2D eigenvalue weighted by molar-refractivity contribution is -0.121. The summed E-state index contributed by atoms with van der Waals surface area (Å²) < 4.78 is 11.8. The fourth-order valence-electron chi connectivity index (χ4n) is 3.80. The van der Waals surface area contributed by atoms with Crippen molar-refractivity contribution in [3.8, 4) is 11.3 Å². The molecule has 0 fully saturated rings. The fraction of sp³-hybridized carbons (Fsp3) is 0.435. The number of ether oxygens (including phenoxy) is 1. The predicted molar refractivity (Wildman–Crippen MR) is 116 cm³/mol. The van der Waals surface area contributed by atoms with Crippen LogP contribution in [0.4, 0.5) is 0 Å². The van der Waals surface area contributed by atoms with Crippen LogP contribution in [0, 0.1) is 0 Å². The first kappa shape index (κ1) is 22.7. The lowest BCUT2D eigenvalue weighted by Crippen LogP contribution is -2.56. The van der Waals surface area contributed by atoms with Gasteiger partial charge in [0.2, 0.25) is 5.91 Å². The zero-order valence-corrected chi connectivity index (χ0v) is 18.0. The highest BCUT2D eigenvalue weighted by molar-refractivity contribution is 5.89. The third-order valence-electron chi connectivity index (χ3n) is 5.50. The average Bonchev–Trinajstić information content (AvgIpc) is 3.24. The van der Waals surface area contributed by atoms with Crippen LogP contribution >= 0.6 is 0 Å². The highest BCUT2D eigenvalue weighted by atomic mass is 16.5. The highest BCUT2D eigenvalue weighted by Gasteiger charge is 2.34. The predicted octanol–water partition coefficient (Wildman–Crippen LogP) is 3.23. The molecular weight excluding hydrogens is 398 g/mol. The third-order valence-corrected chi connectivity index (χ3v) is 5.50. The maximum atomic E-state index is 11.7. The van der Waals surface area contributed by atoms with Crippen LogP contribution in [0.2, 0.25) is 0 Å². The Hall–Kier alpha value is -2.97. The van der Waals surface area contributed by atoms with Gasteiger partial charge in [-0.25, -0.2) is 4.79 Å². The van der Waals surface area contributed by atoms with Crippen molar-refractivity contribution in [3.63, 3.8) is 0 Å². The summed E-state index contributed by atoms with van der Waals surface area (Å²) in [5.41, 5.74) is 8.70. The van der Waals surface area contributed by atoms with Crippen LogP contribution in [0.25, 0.3) is 16.9 Å². The van der Waals surface area contributed by atoms with Gasteiger partial charge in [0.25, 0.3) is 0 Å². The molecule has 3 rings (SSSR count). The number of aromatic nitrogens is 1. The van der Waals surface area contributed by atoms with E-state index in [0.29, 0.717) is 23.4 Å². The number of rotatable bonds is 8. The minimum atomic E-state index is -1.01. The molecule has 0 saturated carbocycles. The van der Waals surface area contributed by atoms with E-state index in [0.717, 1.165) is 18.4 Å². The molecule has 1 aliphatic carbocycles. The van der Waals surface area contributed by atoms with Crippen molar-refractivity contribution in [1.29, 1.82) is 0 Å². The van der Waals surface area contributed by atoms with E-state index in [-0.39, 0.29) is 35.8 Å². The Morgan fingerprint density at radius 2 is 2.06 bits per heavy atom. The average molecular weight is 428 g/mol. The number of hydrogen-bond acceptors (Lipinski definition) is 6. The molecule has 1 aromatic heterocycles. The Labute approximate surface area is 181 Å². The van der Waals surface area contributed by atoms with Crippen molar-refractivity contribution < 1.29 is 24.0 Å². The molecule has 1 amide bonds. The number of carbonyl (C=O) groups excluding carboxylic acids is 1. The molecule has 2 aromatic rings. The summed E-state index contributed by atoms with van der Waals surface area (Å²) >= 11 is 0. The number of carboxylic acids is 1. The number of hydrogen-bond donors (Lipinski definition) is 3. The Kier molecular flexibility index (Phi) is 7.25. The van der Waals surface area contributed by atoms with Gasteiger partial charge in [0, 0.05) is 24.6 Å². The van der Waals surface area contributed by atoms with Gasteiger partial charge in [-0.15, -0.1) is 0 Å². The van der Waals surface area contributed by atoms with Crippen LogP contribution in [0.3, 0.4) is 0 Å². The van der Waals surface area contributed by atoms with E-state index in [1.807, 2.05) is 6.08 Å². The number of nitrogens with two attached hydrogens (primary N) is 1. The summed E-state index contributed by atoms with van der Waals surface area (Å²) in [6.07, 6.45) is 3.82. The van der Waals surface area contributed by atoms with Crippen molar-refractivity contribution in [2.75, 3.05) is 0 Å². The van der Waals surface area contributed by atoms with E-state index in [1.54, 1.807) is 24.3 Å². The van der Waals surface area contributed by atoms with E-state index in [1.165, 1.54) is 13.0 Å². The smallest absolute Gasteiger partial charge is 0.335 e. The van der Waals surface area contributed by atoms with E-state index in [4.69, 9.17) is 15.0 Å². The normalized spacial score (nSPS) is 21.1. The topological polar surface area (TPSA) is 128 Å². The summed E-state index contributed by atoms with van der Waals surface area (Å²) in [4.78, 5) is 22.9. The standard InChI is InChI=1S/C23H29N3O5/c1-4-17(5-2)30-21-11-16(10-18(24)22(21)25-13(3)27)19-12-20(31-26-19)14-7-6-8-15(9-14)23(28)29/h6-9,11-12,17-18,21-22H,4-5,10,24H2,1-3H3,(H,25,27)(H,28,29)/t18-,21+,22+/m0/s1. The molecule has 1 aromatic carbocycles. The number of nitrogens with zero attached hydrogens (tertiary/aromatic N) is 1. The van der Waals surface area contributed by atoms with Gasteiger partial charge in [-0.1, -0.05) is 31.1 Å². The Morgan fingerprint density at radius 1 is 1.32 bits per heavy atom. The van der Waals surface area contributed by atoms with Gasteiger partial charge in [0.1, 0.15) is 5.69 Å². The maximum absolute atomic E-state index is 11.7. The van der Waals surface area contributed by atoms with Crippen molar-refractivity contribution in [1.82, 2.24) is 10.5 Å². The molecule has 0 radical (unpaired) electrons. The number of amides is 1. The largest absolute Gasteiger partial charge is 0.478 e. The van der Waals surface area contributed by atoms with Crippen LogP contribution in [0.1, 0.15) is 56.1 Å². The second-order valence-corrected chi connectivity index (χ2v) is 7.79. The first-order valence-electron chi connectivity index (χ1n) is 10.5. The van der Waals surface area contributed by atoms with E-state index < -0.39 is 5.97 Å². The maximum Gasteiger partial charge on any atom is 0.335 e. The molecule has 31 heavy (non-hydrogen) atoms. The van der Waals surface area contributed by atoms with Gasteiger partial charge < -0.3 is 25.4 Å². The second-order valence-electron chi connectivity index (χ2n) is 7.79. The fourth-order valence-corrected chi connectivity index (χ4v) is 3.80. The van der Waals surface area contributed by atoms with Gasteiger partial charge in [-0.05, 0) is 43.0 Å². The summed E-state index contributed by atoms with van der Waals surface area (Å²) in [6.45, 7) is 5.59. The van der Waals surface area contributed by atoms with E-state index in [2.05, 4.69) is 24.3 Å². The molecular formula is C23H29N3O5. The van der Waals surface area contributed by atoms with Crippen molar-refractivity contribution in [2.24, 2.45) is 5.73 Å². The third kappa shape index (κ3) is 5.39. The molecule has 1 aliphatic rings. The van der Waals surface area contributed by atoms with Gasteiger partial charge in [-0.3, -0.25) is 4.79 Å². The lowest BCUT2D eigenvalue weighted by atomic mass is 9.86. The molecule has 0 aliphatic heterocycles. The highest BCUT2D eigenvalue weighted by Crippen LogP contribution is 2.31. The Balaban J connectivity index is 1.90. The number of aromatic carboxylic acids is 1. The molecule has 4 N–H and O–H groups in total. The molecule has 0 unspecified atom stereocenters. The molecule has 166 valence electrons. The van der Waals surface area contributed by atoms with E-state index >= 15 is 0 Å². The molecule has 0 saturated heterocycles. The molecule has 0 spiro atoms. The molecule has 8 heteroatoms. The first-order chi connectivity index (χ1) is 14.8. The van der Waals surface area contributed by atoms with Crippen molar-refractivity contribution in [3.05, 3.63) is 47.7 Å². The number of carbonyl (C=O) groups is 2. The Morgan fingerprint density at radius 3 is 2.71 bits per heavy atom. The molecule has 1 heterocycles. The lowest BCUT2D eigenvalue weighted by Gasteiger charge is -2.36. The minimum Gasteiger partial charge on any atom is -0.478 e. The summed E-state index contributed by atoms with van der Waals surface area (Å²) in [6, 6.07) is 7.58. The van der Waals surface area contributed by atoms with Crippen LogP contribution in [0.15, 0.2) is 40.9 Å². The quantitative estimate of drug-likeness (QED) is 0.590. The van der Waals surface area contributed by atoms with Crippen molar-refractivity contribution in [2.45, 2.75) is 64.3 Å².